The van der Waals surface area contributed by atoms with E-state index in [4.69, 9.17) is 4.74 Å². The SMILES string of the molecule is CCOC(=O)[C@H]1CN(Cc2ccccc2)C[C@H]1O. The van der Waals surface area contributed by atoms with Crippen LogP contribution in [0, 0.1) is 5.92 Å². The van der Waals surface area contributed by atoms with Crippen LogP contribution >= 0.6 is 0 Å². The Morgan fingerprint density at radius 3 is 2.78 bits per heavy atom. The minimum absolute atomic E-state index is 0.291. The fraction of sp³-hybridized carbons (Fsp3) is 0.500. The Balaban J connectivity index is 1.92. The van der Waals surface area contributed by atoms with Crippen molar-refractivity contribution in [2.45, 2.75) is 19.6 Å². The molecule has 0 radical (unpaired) electrons. The number of likely N-dealkylation sites (tertiary alicyclic amines) is 1. The molecule has 1 heterocycles. The van der Waals surface area contributed by atoms with Crippen LogP contribution < -0.4 is 0 Å². The number of aliphatic hydroxyl groups excluding tert-OH is 1. The Bertz CT molecular complexity index is 393. The van der Waals surface area contributed by atoms with Crippen molar-refractivity contribution < 1.29 is 14.6 Å². The maximum atomic E-state index is 11.6. The van der Waals surface area contributed by atoms with Crippen LogP contribution in [0.15, 0.2) is 30.3 Å². The summed E-state index contributed by atoms with van der Waals surface area (Å²) in [7, 11) is 0. The summed E-state index contributed by atoms with van der Waals surface area (Å²) >= 11 is 0. The lowest BCUT2D eigenvalue weighted by Crippen LogP contribution is -2.28. The zero-order valence-electron chi connectivity index (χ0n) is 10.6. The van der Waals surface area contributed by atoms with Gasteiger partial charge in [-0.25, -0.2) is 0 Å². The fourth-order valence-electron chi connectivity index (χ4n) is 2.32. The number of ether oxygens (including phenoxy) is 1. The Hall–Kier alpha value is -1.39. The van der Waals surface area contributed by atoms with Gasteiger partial charge in [0.15, 0.2) is 0 Å². The molecule has 1 aromatic carbocycles. The lowest BCUT2D eigenvalue weighted by Gasteiger charge is -2.15. The number of β-amino-alcohol motifs (C(OH)–C–C–N with tert-alkyl or cyclic N) is 1. The Morgan fingerprint density at radius 1 is 1.39 bits per heavy atom. The lowest BCUT2D eigenvalue weighted by atomic mass is 10.1. The average Bonchev–Trinajstić information content (AvgIpc) is 2.72. The summed E-state index contributed by atoms with van der Waals surface area (Å²) in [5, 5.41) is 9.89. The van der Waals surface area contributed by atoms with E-state index in [1.54, 1.807) is 6.92 Å². The van der Waals surface area contributed by atoms with E-state index < -0.39 is 12.0 Å². The van der Waals surface area contributed by atoms with Crippen LogP contribution in [0.4, 0.5) is 0 Å². The second-order valence-electron chi connectivity index (χ2n) is 4.61. The number of carbonyl (C=O) groups is 1. The molecule has 98 valence electrons. The molecule has 0 amide bonds. The first-order chi connectivity index (χ1) is 8.70. The molecule has 1 aromatic rings. The number of nitrogens with zero attached hydrogens (tertiary/aromatic N) is 1. The lowest BCUT2D eigenvalue weighted by molar-refractivity contribution is -0.150. The number of carbonyl (C=O) groups excluding carboxylic acids is 1. The van der Waals surface area contributed by atoms with Crippen molar-refractivity contribution in [3.63, 3.8) is 0 Å². The van der Waals surface area contributed by atoms with Gasteiger partial charge in [-0.05, 0) is 12.5 Å². The van der Waals surface area contributed by atoms with Gasteiger partial charge in [-0.15, -0.1) is 0 Å². The molecule has 4 nitrogen and oxygen atoms in total. The molecule has 0 saturated carbocycles. The third-order valence-electron chi connectivity index (χ3n) is 3.20. The Kier molecular flexibility index (Phi) is 4.33. The largest absolute Gasteiger partial charge is 0.466 e. The first-order valence-corrected chi connectivity index (χ1v) is 6.31. The van der Waals surface area contributed by atoms with Crippen LogP contribution in [0.2, 0.25) is 0 Å². The zero-order valence-corrected chi connectivity index (χ0v) is 10.6. The van der Waals surface area contributed by atoms with Crippen LogP contribution in [0.25, 0.3) is 0 Å². The summed E-state index contributed by atoms with van der Waals surface area (Å²) in [5.41, 5.74) is 1.19. The molecule has 0 aromatic heterocycles. The van der Waals surface area contributed by atoms with Crippen LogP contribution in [-0.4, -0.2) is 41.8 Å². The summed E-state index contributed by atoms with van der Waals surface area (Å²) in [6.07, 6.45) is -0.618. The third-order valence-corrected chi connectivity index (χ3v) is 3.20. The van der Waals surface area contributed by atoms with E-state index in [1.165, 1.54) is 5.56 Å². The summed E-state index contributed by atoms with van der Waals surface area (Å²) < 4.78 is 4.97. The summed E-state index contributed by atoms with van der Waals surface area (Å²) in [5.74, 6) is -0.700. The maximum absolute atomic E-state index is 11.6. The van der Waals surface area contributed by atoms with Crippen molar-refractivity contribution >= 4 is 5.97 Å². The number of hydrogen-bond donors (Lipinski definition) is 1. The molecule has 2 atom stereocenters. The average molecular weight is 249 g/mol. The number of rotatable bonds is 4. The van der Waals surface area contributed by atoms with Gasteiger partial charge in [-0.1, -0.05) is 30.3 Å². The second kappa shape index (κ2) is 5.98. The normalized spacial score (nSPS) is 24.1. The van der Waals surface area contributed by atoms with Crippen molar-refractivity contribution in [1.82, 2.24) is 4.90 Å². The van der Waals surface area contributed by atoms with E-state index in [0.717, 1.165) is 6.54 Å². The van der Waals surface area contributed by atoms with E-state index in [2.05, 4.69) is 4.90 Å². The summed E-state index contributed by atoms with van der Waals surface area (Å²) in [6, 6.07) is 10.0. The van der Waals surface area contributed by atoms with Gasteiger partial charge < -0.3 is 9.84 Å². The van der Waals surface area contributed by atoms with Crippen molar-refractivity contribution in [3.05, 3.63) is 35.9 Å². The highest BCUT2D eigenvalue weighted by Crippen LogP contribution is 2.20. The number of hydrogen-bond acceptors (Lipinski definition) is 4. The topological polar surface area (TPSA) is 49.8 Å². The van der Waals surface area contributed by atoms with Gasteiger partial charge in [0.1, 0.15) is 0 Å². The molecule has 1 aliphatic rings. The van der Waals surface area contributed by atoms with Gasteiger partial charge in [-0.2, -0.15) is 0 Å². The molecule has 1 N–H and O–H groups in total. The van der Waals surface area contributed by atoms with Crippen molar-refractivity contribution in [3.8, 4) is 0 Å². The predicted molar refractivity (Wildman–Crippen MR) is 67.8 cm³/mol. The standard InChI is InChI=1S/C14H19NO3/c1-2-18-14(17)12-9-15(10-13(12)16)8-11-6-4-3-5-7-11/h3-7,12-13,16H,2,8-10H2,1H3/t12-,13+/m0/s1. The van der Waals surface area contributed by atoms with Crippen molar-refractivity contribution in [1.29, 1.82) is 0 Å². The van der Waals surface area contributed by atoms with Crippen LogP contribution in [-0.2, 0) is 16.1 Å². The van der Waals surface area contributed by atoms with E-state index in [1.807, 2.05) is 30.3 Å². The van der Waals surface area contributed by atoms with Gasteiger partial charge >= 0.3 is 5.97 Å². The molecule has 2 rings (SSSR count). The van der Waals surface area contributed by atoms with Gasteiger partial charge in [0, 0.05) is 19.6 Å². The zero-order chi connectivity index (χ0) is 13.0. The van der Waals surface area contributed by atoms with Crippen LogP contribution in [0.5, 0.6) is 0 Å². The number of benzene rings is 1. The van der Waals surface area contributed by atoms with Crippen molar-refractivity contribution in [2.75, 3.05) is 19.7 Å². The first-order valence-electron chi connectivity index (χ1n) is 6.31. The third kappa shape index (κ3) is 3.09. The molecule has 18 heavy (non-hydrogen) atoms. The quantitative estimate of drug-likeness (QED) is 0.810. The van der Waals surface area contributed by atoms with Gasteiger partial charge in [0.05, 0.1) is 18.6 Å². The monoisotopic (exact) mass is 249 g/mol. The molecule has 4 heteroatoms. The maximum Gasteiger partial charge on any atom is 0.312 e. The summed E-state index contributed by atoms with van der Waals surface area (Å²) in [4.78, 5) is 13.7. The molecule has 1 saturated heterocycles. The second-order valence-corrected chi connectivity index (χ2v) is 4.61. The molecule has 0 unspecified atom stereocenters. The predicted octanol–water partition coefficient (Wildman–Crippen LogP) is 1.04. The molecule has 1 fully saturated rings. The number of esters is 1. The minimum atomic E-state index is -0.618. The number of aliphatic hydroxyl groups is 1. The molecule has 1 aliphatic heterocycles. The van der Waals surface area contributed by atoms with Gasteiger partial charge in [-0.3, -0.25) is 9.69 Å². The fourth-order valence-corrected chi connectivity index (χ4v) is 2.32. The van der Waals surface area contributed by atoms with Gasteiger partial charge in [0.25, 0.3) is 0 Å². The highest BCUT2D eigenvalue weighted by atomic mass is 16.5. The van der Waals surface area contributed by atoms with E-state index in [9.17, 15) is 9.90 Å². The smallest absolute Gasteiger partial charge is 0.312 e. The molecule has 0 spiro atoms. The Morgan fingerprint density at radius 2 is 2.11 bits per heavy atom. The summed E-state index contributed by atoms with van der Waals surface area (Å²) in [6.45, 7) is 3.99. The van der Waals surface area contributed by atoms with E-state index >= 15 is 0 Å². The Labute approximate surface area is 107 Å². The molecule has 0 bridgehead atoms. The van der Waals surface area contributed by atoms with E-state index in [0.29, 0.717) is 19.7 Å². The first kappa shape index (κ1) is 13.1. The highest BCUT2D eigenvalue weighted by molar-refractivity contribution is 5.73. The van der Waals surface area contributed by atoms with Crippen LogP contribution in [0.3, 0.4) is 0 Å². The highest BCUT2D eigenvalue weighted by Gasteiger charge is 2.37. The van der Waals surface area contributed by atoms with E-state index in [-0.39, 0.29) is 5.97 Å². The molecular formula is C14H19NO3. The van der Waals surface area contributed by atoms with Crippen LogP contribution in [0.1, 0.15) is 12.5 Å². The van der Waals surface area contributed by atoms with Gasteiger partial charge in [0.2, 0.25) is 0 Å². The molecular weight excluding hydrogens is 230 g/mol. The minimum Gasteiger partial charge on any atom is -0.466 e. The molecule has 0 aliphatic carbocycles. The van der Waals surface area contributed by atoms with Crippen molar-refractivity contribution in [2.24, 2.45) is 5.92 Å².